The second kappa shape index (κ2) is 8.94. The fourth-order valence-corrected chi connectivity index (χ4v) is 4.89. The Kier molecular flexibility index (Phi) is 5.72. The Hall–Kier alpha value is -3.11. The summed E-state index contributed by atoms with van der Waals surface area (Å²) in [6, 6.07) is 27.0. The van der Waals surface area contributed by atoms with Crippen LogP contribution in [0.3, 0.4) is 0 Å². The van der Waals surface area contributed by atoms with E-state index in [1.54, 1.807) is 0 Å². The maximum atomic E-state index is 12.8. The molecule has 0 saturated carbocycles. The van der Waals surface area contributed by atoms with Gasteiger partial charge in [0.1, 0.15) is 5.75 Å². The van der Waals surface area contributed by atoms with E-state index in [1.165, 1.54) is 11.1 Å². The van der Waals surface area contributed by atoms with Crippen molar-refractivity contribution in [2.45, 2.75) is 18.9 Å². The van der Waals surface area contributed by atoms with E-state index < -0.39 is 0 Å². The first-order chi connectivity index (χ1) is 15.3. The largest absolute Gasteiger partial charge is 0.493 e. The fraction of sp³-hybridized carbons (Fsp3) is 0.296. The Morgan fingerprint density at radius 3 is 2.42 bits per heavy atom. The molecule has 3 aromatic carbocycles. The predicted molar refractivity (Wildman–Crippen MR) is 122 cm³/mol. The molecule has 4 nitrogen and oxygen atoms in total. The third-order valence-electron chi connectivity index (χ3n) is 6.46. The lowest BCUT2D eigenvalue weighted by molar-refractivity contribution is 0.0950. The number of nitrogens with zero attached hydrogens (tertiary/aromatic N) is 1. The van der Waals surface area contributed by atoms with Crippen molar-refractivity contribution in [3.05, 3.63) is 101 Å². The van der Waals surface area contributed by atoms with Crippen molar-refractivity contribution in [1.29, 1.82) is 0 Å². The normalized spacial score (nSPS) is 20.5. The fourth-order valence-electron chi connectivity index (χ4n) is 4.89. The smallest absolute Gasteiger partial charge is 0.251 e. The van der Waals surface area contributed by atoms with Crippen LogP contribution in [0.4, 0.5) is 0 Å². The van der Waals surface area contributed by atoms with Crippen LogP contribution in [0.2, 0.25) is 0 Å². The van der Waals surface area contributed by atoms with Gasteiger partial charge < -0.3 is 10.1 Å². The summed E-state index contributed by atoms with van der Waals surface area (Å²) < 4.78 is 5.99. The molecule has 0 aromatic heterocycles. The van der Waals surface area contributed by atoms with Gasteiger partial charge in [-0.2, -0.15) is 0 Å². The molecule has 2 aliphatic heterocycles. The van der Waals surface area contributed by atoms with Gasteiger partial charge in [-0.3, -0.25) is 9.69 Å². The van der Waals surface area contributed by atoms with Crippen molar-refractivity contribution >= 4 is 5.91 Å². The number of ether oxygens (including phenoxy) is 1. The Morgan fingerprint density at radius 2 is 1.65 bits per heavy atom. The second-order valence-electron chi connectivity index (χ2n) is 8.59. The summed E-state index contributed by atoms with van der Waals surface area (Å²) >= 11 is 0. The van der Waals surface area contributed by atoms with E-state index in [0.29, 0.717) is 18.4 Å². The van der Waals surface area contributed by atoms with Crippen LogP contribution in [0.1, 0.15) is 33.0 Å². The Labute approximate surface area is 183 Å². The van der Waals surface area contributed by atoms with Gasteiger partial charge in [-0.1, -0.05) is 66.7 Å². The third kappa shape index (κ3) is 4.49. The monoisotopic (exact) mass is 412 g/mol. The minimum atomic E-state index is 0.0209. The van der Waals surface area contributed by atoms with Gasteiger partial charge in [0, 0.05) is 44.1 Å². The van der Waals surface area contributed by atoms with Crippen LogP contribution >= 0.6 is 0 Å². The molecule has 1 amide bonds. The molecule has 1 fully saturated rings. The van der Waals surface area contributed by atoms with Crippen molar-refractivity contribution < 1.29 is 9.53 Å². The molecular formula is C27H28N2O2. The highest BCUT2D eigenvalue weighted by molar-refractivity contribution is 5.96. The predicted octanol–water partition coefficient (Wildman–Crippen LogP) is 4.27. The van der Waals surface area contributed by atoms with Gasteiger partial charge in [-0.05, 0) is 34.7 Å². The molecule has 0 bridgehead atoms. The van der Waals surface area contributed by atoms with Crippen molar-refractivity contribution in [2.24, 2.45) is 5.92 Å². The van der Waals surface area contributed by atoms with Gasteiger partial charge in [0.05, 0.1) is 6.61 Å². The molecule has 31 heavy (non-hydrogen) atoms. The summed E-state index contributed by atoms with van der Waals surface area (Å²) in [5.41, 5.74) is 4.52. The number of amides is 1. The maximum absolute atomic E-state index is 12.8. The molecule has 0 unspecified atom stereocenters. The lowest BCUT2D eigenvalue weighted by Gasteiger charge is -2.18. The number of hydrogen-bond donors (Lipinski definition) is 1. The number of carbonyl (C=O) groups is 1. The quantitative estimate of drug-likeness (QED) is 0.658. The van der Waals surface area contributed by atoms with Crippen LogP contribution in [-0.2, 0) is 13.0 Å². The van der Waals surface area contributed by atoms with Gasteiger partial charge in [-0.15, -0.1) is 0 Å². The van der Waals surface area contributed by atoms with Crippen LogP contribution in [0.25, 0.3) is 0 Å². The molecule has 1 N–H and O–H groups in total. The lowest BCUT2D eigenvalue weighted by atomic mass is 9.87. The van der Waals surface area contributed by atoms with Crippen LogP contribution in [0.15, 0.2) is 78.9 Å². The Balaban J connectivity index is 1.29. The first-order valence-corrected chi connectivity index (χ1v) is 11.1. The van der Waals surface area contributed by atoms with E-state index in [1.807, 2.05) is 30.3 Å². The molecule has 0 radical (unpaired) electrons. The van der Waals surface area contributed by atoms with E-state index >= 15 is 0 Å². The summed E-state index contributed by atoms with van der Waals surface area (Å²) in [5.74, 6) is 1.60. The van der Waals surface area contributed by atoms with Crippen molar-refractivity contribution in [1.82, 2.24) is 10.2 Å². The number of fused-ring (bicyclic) bond motifs is 3. The number of nitrogens with one attached hydrogen (secondary N) is 1. The number of benzene rings is 3. The average Bonchev–Trinajstić information content (AvgIpc) is 3.16. The van der Waals surface area contributed by atoms with E-state index in [9.17, 15) is 4.79 Å². The summed E-state index contributed by atoms with van der Waals surface area (Å²) in [4.78, 5) is 15.3. The van der Waals surface area contributed by atoms with E-state index in [-0.39, 0.29) is 5.91 Å². The maximum Gasteiger partial charge on any atom is 0.251 e. The Bertz CT molecular complexity index is 1040. The third-order valence-corrected chi connectivity index (χ3v) is 6.46. The summed E-state index contributed by atoms with van der Waals surface area (Å²) in [7, 11) is 0. The molecule has 2 aliphatic rings. The topological polar surface area (TPSA) is 41.6 Å². The summed E-state index contributed by atoms with van der Waals surface area (Å²) in [6.45, 7) is 4.27. The highest BCUT2D eigenvalue weighted by Gasteiger charge is 2.38. The van der Waals surface area contributed by atoms with Crippen molar-refractivity contribution in [3.63, 3.8) is 0 Å². The van der Waals surface area contributed by atoms with Crippen LogP contribution in [-0.4, -0.2) is 37.0 Å². The van der Waals surface area contributed by atoms with Crippen molar-refractivity contribution in [2.75, 3.05) is 26.2 Å². The highest BCUT2D eigenvalue weighted by Crippen LogP contribution is 2.37. The zero-order valence-corrected chi connectivity index (χ0v) is 17.7. The van der Waals surface area contributed by atoms with Gasteiger partial charge >= 0.3 is 0 Å². The zero-order valence-electron chi connectivity index (χ0n) is 17.7. The van der Waals surface area contributed by atoms with E-state index in [2.05, 4.69) is 58.7 Å². The van der Waals surface area contributed by atoms with Crippen LogP contribution in [0.5, 0.6) is 5.75 Å². The van der Waals surface area contributed by atoms with Crippen LogP contribution < -0.4 is 10.1 Å². The first kappa shape index (κ1) is 19.8. The molecule has 0 spiro atoms. The molecule has 4 heteroatoms. The van der Waals surface area contributed by atoms with Crippen molar-refractivity contribution in [3.8, 4) is 5.75 Å². The SMILES string of the molecule is O=C1NC[C@H]2CN(Cc3ccccc3)C[C@@H]2c2ccc(OCCc3ccccc3)cc21. The standard InChI is InChI=1S/C27H28N2O2/c30-27-25-15-23(31-14-13-20-7-3-1-4-8-20)11-12-24(25)26-19-29(18-22(26)16-28-27)17-21-9-5-2-6-10-21/h1-12,15,22,26H,13-14,16-19H2,(H,28,30)/t22-,26-/m0/s1. The van der Waals surface area contributed by atoms with Gasteiger partial charge in [0.25, 0.3) is 5.91 Å². The number of likely N-dealkylation sites (tertiary alicyclic amines) is 1. The van der Waals surface area contributed by atoms with E-state index in [0.717, 1.165) is 49.5 Å². The number of hydrogen-bond acceptors (Lipinski definition) is 3. The van der Waals surface area contributed by atoms with E-state index in [4.69, 9.17) is 4.74 Å². The molecule has 158 valence electrons. The van der Waals surface area contributed by atoms with Gasteiger partial charge in [0.15, 0.2) is 0 Å². The minimum Gasteiger partial charge on any atom is -0.493 e. The van der Waals surface area contributed by atoms with Crippen LogP contribution in [0, 0.1) is 5.92 Å². The molecule has 5 rings (SSSR count). The molecule has 1 saturated heterocycles. The van der Waals surface area contributed by atoms with Gasteiger partial charge in [0.2, 0.25) is 0 Å². The molecule has 2 atom stereocenters. The molecule has 3 aromatic rings. The second-order valence-corrected chi connectivity index (χ2v) is 8.59. The summed E-state index contributed by atoms with van der Waals surface area (Å²) in [5, 5.41) is 3.14. The minimum absolute atomic E-state index is 0.0209. The zero-order chi connectivity index (χ0) is 21.0. The summed E-state index contributed by atoms with van der Waals surface area (Å²) in [6.07, 6.45) is 0.850. The number of carbonyl (C=O) groups excluding carboxylic acids is 1. The highest BCUT2D eigenvalue weighted by atomic mass is 16.5. The average molecular weight is 413 g/mol. The number of rotatable bonds is 6. The first-order valence-electron chi connectivity index (χ1n) is 11.1. The Morgan fingerprint density at radius 1 is 0.903 bits per heavy atom. The molecule has 2 heterocycles. The van der Waals surface area contributed by atoms with Gasteiger partial charge in [-0.25, -0.2) is 0 Å². The molecule has 0 aliphatic carbocycles. The lowest BCUT2D eigenvalue weighted by Crippen LogP contribution is -2.29. The molecular weight excluding hydrogens is 384 g/mol.